The summed E-state index contributed by atoms with van der Waals surface area (Å²) in [5.41, 5.74) is 0.729. The minimum atomic E-state index is 0.0743. The second kappa shape index (κ2) is 9.71. The van der Waals surface area contributed by atoms with Crippen molar-refractivity contribution in [2.75, 3.05) is 45.7 Å². The van der Waals surface area contributed by atoms with Gasteiger partial charge in [0.2, 0.25) is 0 Å². The van der Waals surface area contributed by atoms with E-state index in [9.17, 15) is 4.79 Å². The maximum atomic E-state index is 12.2. The summed E-state index contributed by atoms with van der Waals surface area (Å²) >= 11 is 3.39. The highest BCUT2D eigenvalue weighted by Crippen LogP contribution is 2.21. The van der Waals surface area contributed by atoms with Crippen LogP contribution in [0.15, 0.2) is 28.7 Å². The topological polar surface area (TPSA) is 23.6 Å². The van der Waals surface area contributed by atoms with Crippen molar-refractivity contribution in [2.45, 2.75) is 0 Å². The second-order valence-corrected chi connectivity index (χ2v) is 8.30. The summed E-state index contributed by atoms with van der Waals surface area (Å²) in [6.45, 7) is 1.86. The normalized spacial score (nSPS) is 10.8. The van der Waals surface area contributed by atoms with Crippen LogP contribution in [0.2, 0.25) is 0 Å². The monoisotopic (exact) mass is 376 g/mol. The molecule has 0 aliphatic rings. The van der Waals surface area contributed by atoms with Gasteiger partial charge in [0.1, 0.15) is 0 Å². The smallest absolute Gasteiger partial charge is 0.253 e. The molecule has 0 heterocycles. The minimum absolute atomic E-state index is 0.0743. The maximum Gasteiger partial charge on any atom is 0.253 e. The van der Waals surface area contributed by atoms with Crippen molar-refractivity contribution in [1.29, 1.82) is 0 Å². The van der Waals surface area contributed by atoms with Crippen molar-refractivity contribution < 1.29 is 4.79 Å². The number of carbonyl (C=O) groups excluding carboxylic acids is 1. The molecule has 0 N–H and O–H groups in total. The highest BCUT2D eigenvalue weighted by molar-refractivity contribution is 9.10. The van der Waals surface area contributed by atoms with Crippen LogP contribution in [0.1, 0.15) is 10.4 Å². The zero-order valence-corrected chi connectivity index (χ0v) is 15.4. The molecule has 0 aromatic heterocycles. The molecule has 0 aliphatic heterocycles. The third-order valence-corrected chi connectivity index (χ3v) is 5.49. The number of nitrogens with zero attached hydrogens (tertiary/aromatic N) is 2. The summed E-state index contributed by atoms with van der Waals surface area (Å²) in [5, 5.41) is 0. The molecule has 0 fully saturated rings. The molecular weight excluding hydrogens is 356 g/mol. The van der Waals surface area contributed by atoms with Crippen LogP contribution >= 0.6 is 37.5 Å². The van der Waals surface area contributed by atoms with Gasteiger partial charge in [0.15, 0.2) is 0 Å². The third-order valence-electron chi connectivity index (χ3n) is 2.63. The number of benzene rings is 1. The summed E-state index contributed by atoms with van der Waals surface area (Å²) in [4.78, 5) is 16.1. The molecule has 0 aliphatic carbocycles. The van der Waals surface area contributed by atoms with E-state index < -0.39 is 0 Å². The van der Waals surface area contributed by atoms with Crippen LogP contribution in [0.3, 0.4) is 0 Å². The average Bonchev–Trinajstić information content (AvgIpc) is 2.41. The molecule has 1 amide bonds. The molecule has 0 saturated heterocycles. The summed E-state index contributed by atoms with van der Waals surface area (Å²) in [7, 11) is 9.70. The number of carbonyl (C=O) groups is 1. The first-order valence-electron chi connectivity index (χ1n) is 6.41. The Morgan fingerprint density at radius 1 is 1.15 bits per heavy atom. The van der Waals surface area contributed by atoms with Gasteiger partial charge in [0.25, 0.3) is 5.91 Å². The summed E-state index contributed by atoms with van der Waals surface area (Å²) in [6.07, 6.45) is 0. The van der Waals surface area contributed by atoms with Gasteiger partial charge in [0, 0.05) is 41.7 Å². The van der Waals surface area contributed by atoms with Crippen LogP contribution in [0.25, 0.3) is 0 Å². The number of rotatable bonds is 8. The van der Waals surface area contributed by atoms with Gasteiger partial charge in [-0.25, -0.2) is 0 Å². The Morgan fingerprint density at radius 2 is 1.80 bits per heavy atom. The first-order valence-corrected chi connectivity index (χ1v) is 9.69. The molecule has 0 atom stereocenters. The predicted octanol–water partition coefficient (Wildman–Crippen LogP) is 3.46. The molecule has 0 unspecified atom stereocenters. The van der Waals surface area contributed by atoms with E-state index in [2.05, 4.69) is 34.9 Å². The molecule has 6 heteroatoms. The standard InChI is InChI=1S/C14H21BrN2OS2/c1-16(2)7-9-19-20-10-8-17(3)14(18)12-5-4-6-13(15)11-12/h4-6,11H,7-10H2,1-3H3. The molecule has 1 aromatic rings. The van der Waals surface area contributed by atoms with Crippen LogP contribution < -0.4 is 0 Å². The zero-order chi connectivity index (χ0) is 15.0. The molecule has 0 spiro atoms. The molecule has 0 saturated carbocycles. The Balaban J connectivity index is 2.25. The van der Waals surface area contributed by atoms with Crippen molar-refractivity contribution >= 4 is 43.4 Å². The Labute approximate surface area is 138 Å². The third kappa shape index (κ3) is 7.02. The van der Waals surface area contributed by atoms with Crippen molar-refractivity contribution in [3.8, 4) is 0 Å². The lowest BCUT2D eigenvalue weighted by molar-refractivity contribution is 0.0803. The number of hydrogen-bond donors (Lipinski definition) is 0. The predicted molar refractivity (Wildman–Crippen MR) is 94.6 cm³/mol. The van der Waals surface area contributed by atoms with Crippen LogP contribution in [0.5, 0.6) is 0 Å². The summed E-state index contributed by atoms with van der Waals surface area (Å²) in [5.74, 6) is 2.14. The van der Waals surface area contributed by atoms with E-state index in [0.717, 1.165) is 34.6 Å². The van der Waals surface area contributed by atoms with Crippen molar-refractivity contribution in [3.63, 3.8) is 0 Å². The highest BCUT2D eigenvalue weighted by Gasteiger charge is 2.11. The second-order valence-electron chi connectivity index (χ2n) is 4.68. The van der Waals surface area contributed by atoms with Gasteiger partial charge in [-0.05, 0) is 32.3 Å². The van der Waals surface area contributed by atoms with E-state index in [4.69, 9.17) is 0 Å². The SMILES string of the molecule is CN(C)CCSSCCN(C)C(=O)c1cccc(Br)c1. The van der Waals surface area contributed by atoms with Gasteiger partial charge in [-0.2, -0.15) is 0 Å². The molecule has 1 aromatic carbocycles. The number of amides is 1. The first-order chi connectivity index (χ1) is 9.50. The van der Waals surface area contributed by atoms with Crippen LogP contribution in [0.4, 0.5) is 0 Å². The molecule has 3 nitrogen and oxygen atoms in total. The van der Waals surface area contributed by atoms with E-state index in [0.29, 0.717) is 0 Å². The lowest BCUT2D eigenvalue weighted by Gasteiger charge is -2.17. The quantitative estimate of drug-likeness (QED) is 0.511. The van der Waals surface area contributed by atoms with Gasteiger partial charge in [-0.15, -0.1) is 0 Å². The maximum absolute atomic E-state index is 12.2. The van der Waals surface area contributed by atoms with Gasteiger partial charge in [-0.3, -0.25) is 4.79 Å². The fourth-order valence-corrected chi connectivity index (χ4v) is 4.03. The van der Waals surface area contributed by atoms with Crippen molar-refractivity contribution in [2.24, 2.45) is 0 Å². The summed E-state index contributed by atoms with van der Waals surface area (Å²) < 4.78 is 0.936. The van der Waals surface area contributed by atoms with Gasteiger partial charge >= 0.3 is 0 Å². The van der Waals surface area contributed by atoms with Gasteiger partial charge in [-0.1, -0.05) is 43.6 Å². The lowest BCUT2D eigenvalue weighted by atomic mass is 10.2. The minimum Gasteiger partial charge on any atom is -0.341 e. The van der Waals surface area contributed by atoms with Crippen LogP contribution in [-0.4, -0.2) is 61.4 Å². The first kappa shape index (κ1) is 17.9. The van der Waals surface area contributed by atoms with E-state index in [1.165, 1.54) is 0 Å². The fourth-order valence-electron chi connectivity index (χ4n) is 1.46. The van der Waals surface area contributed by atoms with Crippen LogP contribution in [0, 0.1) is 0 Å². The molecule has 1 rings (SSSR count). The van der Waals surface area contributed by atoms with E-state index >= 15 is 0 Å². The van der Waals surface area contributed by atoms with E-state index in [1.807, 2.05) is 52.9 Å². The van der Waals surface area contributed by atoms with Crippen molar-refractivity contribution in [3.05, 3.63) is 34.3 Å². The van der Waals surface area contributed by atoms with Gasteiger partial charge in [0.05, 0.1) is 0 Å². The Morgan fingerprint density at radius 3 is 2.40 bits per heavy atom. The zero-order valence-electron chi connectivity index (χ0n) is 12.1. The molecule has 0 bridgehead atoms. The average molecular weight is 377 g/mol. The molecular formula is C14H21BrN2OS2. The van der Waals surface area contributed by atoms with Crippen molar-refractivity contribution in [1.82, 2.24) is 9.80 Å². The van der Waals surface area contributed by atoms with Gasteiger partial charge < -0.3 is 9.80 Å². The Bertz CT molecular complexity index is 429. The lowest BCUT2D eigenvalue weighted by Crippen LogP contribution is -2.28. The van der Waals surface area contributed by atoms with E-state index in [-0.39, 0.29) is 5.91 Å². The molecule has 20 heavy (non-hydrogen) atoms. The number of hydrogen-bond acceptors (Lipinski definition) is 4. The number of halogens is 1. The van der Waals surface area contributed by atoms with E-state index in [1.54, 1.807) is 4.90 Å². The Kier molecular flexibility index (Phi) is 8.68. The molecule has 0 radical (unpaired) electrons. The molecule has 112 valence electrons. The Hall–Kier alpha value is -0.170. The summed E-state index contributed by atoms with van der Waals surface area (Å²) in [6, 6.07) is 7.52. The largest absolute Gasteiger partial charge is 0.341 e. The highest BCUT2D eigenvalue weighted by atomic mass is 79.9. The van der Waals surface area contributed by atoms with Crippen LogP contribution in [-0.2, 0) is 0 Å². The fraction of sp³-hybridized carbons (Fsp3) is 0.500.